The van der Waals surface area contributed by atoms with Crippen LogP contribution >= 0.6 is 0 Å². The van der Waals surface area contributed by atoms with Gasteiger partial charge in [0.05, 0.1) is 30.9 Å². The Morgan fingerprint density at radius 1 is 0.341 bits per heavy atom. The second-order valence-corrected chi connectivity index (χ2v) is 24.8. The first-order chi connectivity index (χ1) is 41.7. The number of nitrogens with zero attached hydrogens (tertiary/aromatic N) is 3. The van der Waals surface area contributed by atoms with Crippen molar-refractivity contribution in [3.8, 4) is 45.3 Å². The smallest absolute Gasteiger partial charge is 0.250 e. The fourth-order valence-corrected chi connectivity index (χ4v) is 16.2. The van der Waals surface area contributed by atoms with Crippen molar-refractivity contribution in [2.75, 3.05) is 23.9 Å². The molecule has 0 aromatic heterocycles. The van der Waals surface area contributed by atoms with E-state index in [4.69, 9.17) is 9.47 Å². The third-order valence-corrected chi connectivity index (χ3v) is 19.9. The van der Waals surface area contributed by atoms with E-state index in [1.54, 1.807) is 0 Å². The first kappa shape index (κ1) is 48.5. The highest BCUT2D eigenvalue weighted by Gasteiger charge is 2.56. The van der Waals surface area contributed by atoms with Crippen LogP contribution in [0.3, 0.4) is 0 Å². The second kappa shape index (κ2) is 17.5. The Bertz CT molecular complexity index is 4440. The van der Waals surface area contributed by atoms with Crippen molar-refractivity contribution in [2.45, 2.75) is 24.7 Å². The number of anilines is 6. The Balaban J connectivity index is 0.955. The third kappa shape index (κ3) is 6.43. The SMILES string of the molecule is CC1(C)c2ccccc2N(c2ccc3c(c2)-c2c(ccc4c2Oc2ccccc2B4c2ccccc2)C32c3ccc(N4c5ccccc5[N+](C)(C)c5ccccc54)cc3-c3c2ccc2c3Oc3ccccc3B2c2ccccc2)c2ccccc21. The Hall–Kier alpha value is -10.1. The van der Waals surface area contributed by atoms with Crippen LogP contribution in [-0.4, -0.2) is 27.5 Å². The van der Waals surface area contributed by atoms with Gasteiger partial charge in [0.1, 0.15) is 34.4 Å². The number of ether oxygens (including phenoxy) is 2. The van der Waals surface area contributed by atoms with Crippen molar-refractivity contribution in [3.63, 3.8) is 0 Å². The summed E-state index contributed by atoms with van der Waals surface area (Å²) in [6.45, 7) is 4.61. The quantitative estimate of drug-likeness (QED) is 0.130. The molecule has 1 spiro atoms. The highest BCUT2D eigenvalue weighted by atomic mass is 16.5. The van der Waals surface area contributed by atoms with E-state index in [1.807, 2.05) is 0 Å². The van der Waals surface area contributed by atoms with E-state index in [0.717, 1.165) is 89.9 Å². The second-order valence-electron chi connectivity index (χ2n) is 24.8. The van der Waals surface area contributed by atoms with Crippen LogP contribution in [-0.2, 0) is 10.8 Å². The van der Waals surface area contributed by atoms with E-state index in [0.29, 0.717) is 4.48 Å². The molecule has 1 unspecified atom stereocenters. The summed E-state index contributed by atoms with van der Waals surface area (Å²) >= 11 is 0. The van der Waals surface area contributed by atoms with E-state index in [1.165, 1.54) is 67.1 Å². The van der Waals surface area contributed by atoms with Crippen molar-refractivity contribution in [1.29, 1.82) is 0 Å². The Morgan fingerprint density at radius 3 is 1.19 bits per heavy atom. The van der Waals surface area contributed by atoms with Gasteiger partial charge in [-0.1, -0.05) is 219 Å². The average molecular weight is 1090 g/mol. The standard InChI is InChI=1S/C78H56B2N3O2/c1-77(2)57-27-11-15-31-65(57)81(66-32-16-12-28-58(66)77)51-39-41-55-53(47-51)73-59(43-45-63-75(73)84-71-37-21-13-29-61(71)79(63)49-23-7-5-8-24-49)78(55)56-42-40-52(82-67-33-17-19-35-69(67)83(3,4)70-36-20-18-34-68(70)82)48-54(56)74-60(78)44-46-64-76(74)85-72-38-22-14-30-62(72)80(64)50-25-9-6-10-26-50/h5-48H,1-4H3/q+1. The molecule has 0 saturated carbocycles. The van der Waals surface area contributed by atoms with Crippen LogP contribution in [0.25, 0.3) is 22.3 Å². The molecule has 5 nitrogen and oxygen atoms in total. The molecular formula is C78H56B2N3O2+. The topological polar surface area (TPSA) is 24.9 Å². The highest BCUT2D eigenvalue weighted by molar-refractivity contribution is 6.97. The minimum Gasteiger partial charge on any atom is -0.458 e. The molecule has 0 fully saturated rings. The summed E-state index contributed by atoms with van der Waals surface area (Å²) in [7, 11) is 4.60. The van der Waals surface area contributed by atoms with Gasteiger partial charge in [-0.15, -0.1) is 0 Å². The number of fused-ring (bicyclic) bond motifs is 20. The number of hydrogen-bond acceptors (Lipinski definition) is 4. The number of rotatable bonds is 4. The summed E-state index contributed by atoms with van der Waals surface area (Å²) in [4.78, 5) is 4.99. The normalized spacial score (nSPS) is 16.8. The summed E-state index contributed by atoms with van der Waals surface area (Å²) in [6, 6.07) is 99.4. The minimum absolute atomic E-state index is 0.0577. The molecule has 4 heterocycles. The van der Waals surface area contributed by atoms with Gasteiger partial charge in [-0.2, -0.15) is 0 Å². The van der Waals surface area contributed by atoms with E-state index in [2.05, 4.69) is 305 Å². The van der Waals surface area contributed by atoms with Crippen LogP contribution in [0, 0.1) is 0 Å². The number of para-hydroxylation sites is 8. The predicted octanol–water partition coefficient (Wildman–Crippen LogP) is 15.1. The zero-order valence-electron chi connectivity index (χ0n) is 47.7. The van der Waals surface area contributed by atoms with E-state index in [9.17, 15) is 0 Å². The van der Waals surface area contributed by atoms with Gasteiger partial charge in [0, 0.05) is 40.0 Å². The van der Waals surface area contributed by atoms with Crippen molar-refractivity contribution < 1.29 is 9.47 Å². The molecule has 0 bridgehead atoms. The summed E-state index contributed by atoms with van der Waals surface area (Å²) in [5.41, 5.74) is 27.4. The van der Waals surface area contributed by atoms with Crippen LogP contribution in [0.2, 0.25) is 0 Å². The molecule has 85 heavy (non-hydrogen) atoms. The number of benzene rings is 12. The fourth-order valence-electron chi connectivity index (χ4n) is 16.2. The van der Waals surface area contributed by atoms with Crippen molar-refractivity contribution >= 4 is 91.7 Å². The van der Waals surface area contributed by atoms with Crippen molar-refractivity contribution in [2.24, 2.45) is 0 Å². The molecule has 6 aliphatic rings. The molecule has 1 atom stereocenters. The van der Waals surface area contributed by atoms with Crippen molar-refractivity contribution in [3.05, 3.63) is 300 Å². The van der Waals surface area contributed by atoms with Gasteiger partial charge in [-0.25, -0.2) is 0 Å². The Labute approximate surface area is 497 Å². The lowest BCUT2D eigenvalue weighted by Crippen LogP contribution is -2.55. The van der Waals surface area contributed by atoms with Gasteiger partial charge in [0.25, 0.3) is 13.4 Å². The lowest BCUT2D eigenvalue weighted by atomic mass is 9.35. The van der Waals surface area contributed by atoms with Crippen LogP contribution in [0.1, 0.15) is 47.2 Å². The molecular weight excluding hydrogens is 1030 g/mol. The average Bonchev–Trinajstić information content (AvgIpc) is 1.55. The molecule has 12 aromatic carbocycles. The Morgan fingerprint density at radius 2 is 0.718 bits per heavy atom. The molecule has 400 valence electrons. The largest absolute Gasteiger partial charge is 0.458 e. The lowest BCUT2D eigenvalue weighted by Gasteiger charge is -2.42. The number of hydrogen-bond donors (Lipinski definition) is 0. The first-order valence-electron chi connectivity index (χ1n) is 29.8. The lowest BCUT2D eigenvalue weighted by molar-refractivity contribution is 0.488. The van der Waals surface area contributed by atoms with Gasteiger partial charge in [0.15, 0.2) is 11.4 Å². The molecule has 0 amide bonds. The summed E-state index contributed by atoms with van der Waals surface area (Å²) < 4.78 is 15.8. The molecule has 2 aliphatic carbocycles. The summed E-state index contributed by atoms with van der Waals surface area (Å²) in [5, 5.41) is 0. The van der Waals surface area contributed by atoms with E-state index < -0.39 is 5.41 Å². The first-order valence-corrected chi connectivity index (χ1v) is 29.8. The minimum atomic E-state index is -0.808. The van der Waals surface area contributed by atoms with E-state index in [-0.39, 0.29) is 18.8 Å². The van der Waals surface area contributed by atoms with Gasteiger partial charge < -0.3 is 14.4 Å². The van der Waals surface area contributed by atoms with E-state index >= 15 is 0 Å². The van der Waals surface area contributed by atoms with Crippen LogP contribution in [0.5, 0.6) is 23.0 Å². The molecule has 0 saturated heterocycles. The van der Waals surface area contributed by atoms with Crippen LogP contribution < -0.4 is 56.5 Å². The maximum atomic E-state index is 7.56. The zero-order chi connectivity index (χ0) is 56.5. The van der Waals surface area contributed by atoms with Crippen LogP contribution in [0.15, 0.2) is 267 Å². The van der Waals surface area contributed by atoms with Gasteiger partial charge in [0.2, 0.25) is 0 Å². The maximum Gasteiger partial charge on any atom is 0.250 e. The molecule has 18 rings (SSSR count). The number of quaternary nitrogens is 1. The van der Waals surface area contributed by atoms with Gasteiger partial charge in [-0.05, 0) is 127 Å². The monoisotopic (exact) mass is 1090 g/mol. The molecule has 7 heteroatoms. The molecule has 12 aromatic rings. The Kier molecular flexibility index (Phi) is 9.97. The fraction of sp³-hybridized carbons (Fsp3) is 0.0769. The zero-order valence-corrected chi connectivity index (χ0v) is 47.7. The van der Waals surface area contributed by atoms with Crippen LogP contribution in [0.4, 0.5) is 45.5 Å². The third-order valence-electron chi connectivity index (χ3n) is 19.9. The predicted molar refractivity (Wildman–Crippen MR) is 353 cm³/mol. The maximum absolute atomic E-state index is 7.56. The highest BCUT2D eigenvalue weighted by Crippen LogP contribution is 2.68. The summed E-state index contributed by atoms with van der Waals surface area (Å²) in [6.07, 6.45) is 0. The molecule has 0 N–H and O–H groups in total. The van der Waals surface area contributed by atoms with Crippen molar-refractivity contribution in [1.82, 2.24) is 4.48 Å². The molecule has 4 aliphatic heterocycles. The van der Waals surface area contributed by atoms with Gasteiger partial charge >= 0.3 is 0 Å². The summed E-state index contributed by atoms with van der Waals surface area (Å²) in [5.74, 6) is 3.57. The molecule has 0 radical (unpaired) electrons. The van der Waals surface area contributed by atoms with Gasteiger partial charge in [-0.3, -0.25) is 9.38 Å².